The quantitative estimate of drug-likeness (QED) is 0.526. The maximum absolute atomic E-state index is 13.7. The summed E-state index contributed by atoms with van der Waals surface area (Å²) in [6, 6.07) is 5.60. The van der Waals surface area contributed by atoms with Crippen LogP contribution in [0.25, 0.3) is 0 Å². The molecule has 3 aliphatic rings. The normalized spacial score (nSPS) is 22.4. The summed E-state index contributed by atoms with van der Waals surface area (Å²) in [6.45, 7) is 1.84. The second-order valence-electron chi connectivity index (χ2n) is 10.4. The van der Waals surface area contributed by atoms with Gasteiger partial charge in [0.15, 0.2) is 0 Å². The molecule has 2 aromatic rings. The van der Waals surface area contributed by atoms with Crippen LogP contribution in [0, 0.1) is 12.8 Å². The van der Waals surface area contributed by atoms with Crippen LogP contribution in [0.4, 0.5) is 18.9 Å². The van der Waals surface area contributed by atoms with Crippen molar-refractivity contribution in [2.75, 3.05) is 11.4 Å². The minimum atomic E-state index is -5.46. The SMILES string of the molecule is Cc1ncc(CN2c3ccc(C4CC4)cc3CN(S(=O)(=O)C(F)(F)F)C[C@@H]2CCC2CCCC2)[nH]1. The van der Waals surface area contributed by atoms with Gasteiger partial charge in [-0.25, -0.2) is 13.4 Å². The van der Waals surface area contributed by atoms with Crippen molar-refractivity contribution in [3.63, 3.8) is 0 Å². The van der Waals surface area contributed by atoms with E-state index in [1.807, 2.05) is 19.1 Å². The fraction of sp³-hybridized carbons (Fsp3) is 0.640. The molecule has 10 heteroatoms. The molecule has 1 aromatic carbocycles. The van der Waals surface area contributed by atoms with Crippen LogP contribution in [-0.4, -0.2) is 40.8 Å². The number of benzene rings is 1. The molecule has 5 rings (SSSR count). The molecular formula is C25H33F3N4O2S. The molecule has 1 aromatic heterocycles. The smallest absolute Gasteiger partial charge is 0.361 e. The van der Waals surface area contributed by atoms with Gasteiger partial charge in [-0.3, -0.25) is 0 Å². The van der Waals surface area contributed by atoms with Crippen molar-refractivity contribution >= 4 is 15.7 Å². The maximum Gasteiger partial charge on any atom is 0.511 e. The summed E-state index contributed by atoms with van der Waals surface area (Å²) < 4.78 is 67.0. The minimum absolute atomic E-state index is 0.185. The van der Waals surface area contributed by atoms with Crippen LogP contribution in [0.2, 0.25) is 0 Å². The van der Waals surface area contributed by atoms with Gasteiger partial charge in [0.05, 0.1) is 18.4 Å². The average molecular weight is 511 g/mol. The lowest BCUT2D eigenvalue weighted by atomic mass is 9.97. The molecule has 0 amide bonds. The summed E-state index contributed by atoms with van der Waals surface area (Å²) in [5, 5.41) is 0. The number of anilines is 1. The number of fused-ring (bicyclic) bond motifs is 1. The highest BCUT2D eigenvalue weighted by Gasteiger charge is 2.51. The number of hydrogen-bond donors (Lipinski definition) is 1. The van der Waals surface area contributed by atoms with Gasteiger partial charge >= 0.3 is 15.5 Å². The Morgan fingerprint density at radius 1 is 1.11 bits per heavy atom. The van der Waals surface area contributed by atoms with E-state index < -0.39 is 15.5 Å². The van der Waals surface area contributed by atoms with Crippen LogP contribution >= 0.6 is 0 Å². The Balaban J connectivity index is 1.54. The molecule has 1 aliphatic heterocycles. The van der Waals surface area contributed by atoms with E-state index in [0.717, 1.165) is 54.9 Å². The first-order valence-electron chi connectivity index (χ1n) is 12.6. The molecule has 2 fully saturated rings. The van der Waals surface area contributed by atoms with Gasteiger partial charge in [0, 0.05) is 24.8 Å². The molecule has 2 heterocycles. The Kier molecular flexibility index (Phi) is 6.63. The molecule has 0 spiro atoms. The van der Waals surface area contributed by atoms with E-state index in [1.54, 1.807) is 6.20 Å². The van der Waals surface area contributed by atoms with Crippen molar-refractivity contribution in [3.05, 3.63) is 47.0 Å². The van der Waals surface area contributed by atoms with E-state index >= 15 is 0 Å². The molecule has 0 unspecified atom stereocenters. The van der Waals surface area contributed by atoms with Crippen molar-refractivity contribution < 1.29 is 21.6 Å². The molecule has 1 N–H and O–H groups in total. The fourth-order valence-electron chi connectivity index (χ4n) is 5.72. The van der Waals surface area contributed by atoms with Gasteiger partial charge in [-0.2, -0.15) is 17.5 Å². The third kappa shape index (κ3) is 5.23. The van der Waals surface area contributed by atoms with Gasteiger partial charge in [0.25, 0.3) is 0 Å². The number of rotatable bonds is 7. The second kappa shape index (κ2) is 9.42. The molecule has 0 bridgehead atoms. The van der Waals surface area contributed by atoms with Crippen LogP contribution in [0.3, 0.4) is 0 Å². The van der Waals surface area contributed by atoms with E-state index in [4.69, 9.17) is 0 Å². The second-order valence-corrected chi connectivity index (χ2v) is 12.3. The van der Waals surface area contributed by atoms with E-state index in [0.29, 0.717) is 34.7 Å². The Morgan fingerprint density at radius 2 is 1.86 bits per heavy atom. The first kappa shape index (κ1) is 24.6. The van der Waals surface area contributed by atoms with Gasteiger partial charge in [0.2, 0.25) is 0 Å². The lowest BCUT2D eigenvalue weighted by molar-refractivity contribution is -0.0492. The number of nitrogens with one attached hydrogen (secondary N) is 1. The number of sulfonamides is 1. The first-order chi connectivity index (χ1) is 16.6. The topological polar surface area (TPSA) is 69.3 Å². The number of aryl methyl sites for hydroxylation is 1. The molecule has 0 radical (unpaired) electrons. The van der Waals surface area contributed by atoms with E-state index in [1.165, 1.54) is 12.8 Å². The third-order valence-corrected chi connectivity index (χ3v) is 9.32. The number of aromatic nitrogens is 2. The predicted molar refractivity (Wildman–Crippen MR) is 128 cm³/mol. The number of aromatic amines is 1. The van der Waals surface area contributed by atoms with Gasteiger partial charge < -0.3 is 9.88 Å². The Morgan fingerprint density at radius 3 is 2.49 bits per heavy atom. The van der Waals surface area contributed by atoms with Crippen LogP contribution < -0.4 is 4.90 Å². The summed E-state index contributed by atoms with van der Waals surface area (Å²) >= 11 is 0. The fourth-order valence-corrected chi connectivity index (χ4v) is 6.69. The van der Waals surface area contributed by atoms with Crippen molar-refractivity contribution in [3.8, 4) is 0 Å². The zero-order chi connectivity index (χ0) is 24.8. The summed E-state index contributed by atoms with van der Waals surface area (Å²) in [7, 11) is -5.46. The molecule has 35 heavy (non-hydrogen) atoms. The number of alkyl halides is 3. The monoisotopic (exact) mass is 510 g/mol. The minimum Gasteiger partial charge on any atom is -0.361 e. The highest BCUT2D eigenvalue weighted by molar-refractivity contribution is 7.89. The van der Waals surface area contributed by atoms with Crippen LogP contribution in [-0.2, 0) is 23.1 Å². The van der Waals surface area contributed by atoms with Crippen molar-refractivity contribution in [1.82, 2.24) is 14.3 Å². The Labute approximate surface area is 205 Å². The van der Waals surface area contributed by atoms with Gasteiger partial charge in [0.1, 0.15) is 5.82 Å². The Hall–Kier alpha value is -2.07. The van der Waals surface area contributed by atoms with Crippen LogP contribution in [0.5, 0.6) is 0 Å². The average Bonchev–Trinajstić information content (AvgIpc) is 3.41. The summed E-state index contributed by atoms with van der Waals surface area (Å²) in [6.07, 6.45) is 10.0. The number of hydrogen-bond acceptors (Lipinski definition) is 4. The van der Waals surface area contributed by atoms with Gasteiger partial charge in [-0.05, 0) is 61.6 Å². The number of H-pyrrole nitrogens is 1. The maximum atomic E-state index is 13.7. The largest absolute Gasteiger partial charge is 0.511 e. The third-order valence-electron chi connectivity index (χ3n) is 7.78. The van der Waals surface area contributed by atoms with E-state index in [-0.39, 0.29) is 19.1 Å². The summed E-state index contributed by atoms with van der Waals surface area (Å²) in [4.78, 5) is 9.63. The molecule has 0 saturated heterocycles. The van der Waals surface area contributed by atoms with Crippen molar-refractivity contribution in [1.29, 1.82) is 0 Å². The molecule has 2 saturated carbocycles. The summed E-state index contributed by atoms with van der Waals surface area (Å²) in [5.41, 5.74) is -1.93. The lowest BCUT2D eigenvalue weighted by Gasteiger charge is -2.34. The van der Waals surface area contributed by atoms with Crippen LogP contribution in [0.1, 0.15) is 79.9 Å². The first-order valence-corrected chi connectivity index (χ1v) is 14.0. The van der Waals surface area contributed by atoms with Gasteiger partial charge in [-0.1, -0.05) is 37.8 Å². The molecule has 6 nitrogen and oxygen atoms in total. The highest BCUT2D eigenvalue weighted by atomic mass is 32.2. The number of halogens is 3. The lowest BCUT2D eigenvalue weighted by Crippen LogP contribution is -2.47. The number of imidazole rings is 1. The highest BCUT2D eigenvalue weighted by Crippen LogP contribution is 2.43. The van der Waals surface area contributed by atoms with Gasteiger partial charge in [-0.15, -0.1) is 0 Å². The zero-order valence-corrected chi connectivity index (χ0v) is 20.8. The summed E-state index contributed by atoms with van der Waals surface area (Å²) in [5.74, 6) is 1.74. The number of nitrogens with zero attached hydrogens (tertiary/aromatic N) is 3. The Bertz CT molecular complexity index is 1150. The van der Waals surface area contributed by atoms with E-state index in [9.17, 15) is 21.6 Å². The van der Waals surface area contributed by atoms with E-state index in [2.05, 4.69) is 20.9 Å². The van der Waals surface area contributed by atoms with Crippen molar-refractivity contribution in [2.45, 2.75) is 88.8 Å². The predicted octanol–water partition coefficient (Wildman–Crippen LogP) is 5.61. The standard InChI is InChI=1S/C25H33F3N4O2S/c1-17-29-13-22(30-17)15-32-23(10-6-18-4-2-3-5-18)16-31(35(33,34)25(26,27)28)14-21-12-20(19-7-8-19)9-11-24(21)32/h9,11-13,18-19,23H,2-8,10,14-16H2,1H3,(H,29,30)/t23-/m0/s1. The molecule has 192 valence electrons. The molecular weight excluding hydrogens is 477 g/mol. The van der Waals surface area contributed by atoms with Crippen LogP contribution in [0.15, 0.2) is 24.4 Å². The molecule has 1 atom stereocenters. The zero-order valence-electron chi connectivity index (χ0n) is 20.0. The van der Waals surface area contributed by atoms with Crippen molar-refractivity contribution in [2.24, 2.45) is 5.92 Å². The molecule has 2 aliphatic carbocycles.